The fourth-order valence-electron chi connectivity index (χ4n) is 2.11. The number of carboxylic acids is 1. The van der Waals surface area contributed by atoms with Gasteiger partial charge in [0.2, 0.25) is 5.91 Å². The molecule has 1 atom stereocenters. The molecular formula is C12H22N2O4. The number of aliphatic carboxylic acids is 1. The van der Waals surface area contributed by atoms with Crippen LogP contribution in [0, 0.1) is 0 Å². The van der Waals surface area contributed by atoms with E-state index in [9.17, 15) is 14.7 Å². The first-order valence-electron chi connectivity index (χ1n) is 6.27. The van der Waals surface area contributed by atoms with Gasteiger partial charge in [-0.05, 0) is 13.3 Å². The Hall–Kier alpha value is -1.14. The normalized spacial score (nSPS) is 21.9. The van der Waals surface area contributed by atoms with E-state index in [1.54, 1.807) is 6.92 Å². The summed E-state index contributed by atoms with van der Waals surface area (Å²) in [5, 5.41) is 11.9. The average molecular weight is 258 g/mol. The third kappa shape index (κ3) is 3.20. The Labute approximate surface area is 107 Å². The van der Waals surface area contributed by atoms with E-state index in [0.717, 1.165) is 6.42 Å². The predicted octanol–water partition coefficient (Wildman–Crippen LogP) is 0.254. The largest absolute Gasteiger partial charge is 0.480 e. The van der Waals surface area contributed by atoms with Gasteiger partial charge in [-0.3, -0.25) is 4.79 Å². The van der Waals surface area contributed by atoms with Crippen molar-refractivity contribution in [3.63, 3.8) is 0 Å². The lowest BCUT2D eigenvalue weighted by atomic mass is 9.87. The summed E-state index contributed by atoms with van der Waals surface area (Å²) in [4.78, 5) is 23.5. The first-order valence-corrected chi connectivity index (χ1v) is 6.27. The van der Waals surface area contributed by atoms with Crippen LogP contribution in [-0.4, -0.2) is 41.3 Å². The maximum atomic E-state index is 12.1. The Kier molecular flexibility index (Phi) is 4.70. The number of carbonyl (C=O) groups excluding carboxylic acids is 1. The molecule has 104 valence electrons. The van der Waals surface area contributed by atoms with E-state index < -0.39 is 23.0 Å². The van der Waals surface area contributed by atoms with Gasteiger partial charge in [0, 0.05) is 26.1 Å². The number of nitrogens with two attached hydrogens (primary N) is 1. The van der Waals surface area contributed by atoms with E-state index in [1.807, 2.05) is 6.92 Å². The molecule has 0 spiro atoms. The van der Waals surface area contributed by atoms with Crippen LogP contribution in [0.5, 0.6) is 0 Å². The molecular weight excluding hydrogens is 236 g/mol. The first-order chi connectivity index (χ1) is 8.34. The number of rotatable bonds is 5. The summed E-state index contributed by atoms with van der Waals surface area (Å²) < 4.78 is 5.14. The van der Waals surface area contributed by atoms with Gasteiger partial charge < -0.3 is 20.9 Å². The molecule has 1 rings (SSSR count). The van der Waals surface area contributed by atoms with Crippen molar-refractivity contribution in [3.05, 3.63) is 0 Å². The summed E-state index contributed by atoms with van der Waals surface area (Å²) in [7, 11) is 0. The standard InChI is InChI=1S/C12H22N2O4/c1-3-4-11(2,13)9(15)14-12(10(16)17)5-7-18-8-6-12/h3-8,13H2,1-2H3,(H,14,15)(H,16,17). The Morgan fingerprint density at radius 3 is 2.44 bits per heavy atom. The molecule has 0 aliphatic carbocycles. The molecule has 0 saturated carbocycles. The highest BCUT2D eigenvalue weighted by Crippen LogP contribution is 2.22. The summed E-state index contributed by atoms with van der Waals surface area (Å²) >= 11 is 0. The van der Waals surface area contributed by atoms with Crippen molar-refractivity contribution < 1.29 is 19.4 Å². The van der Waals surface area contributed by atoms with E-state index >= 15 is 0 Å². The van der Waals surface area contributed by atoms with E-state index in [-0.39, 0.29) is 12.8 Å². The average Bonchev–Trinajstić information content (AvgIpc) is 2.29. The fourth-order valence-corrected chi connectivity index (χ4v) is 2.11. The minimum absolute atomic E-state index is 0.274. The van der Waals surface area contributed by atoms with Gasteiger partial charge in [0.1, 0.15) is 5.54 Å². The Balaban J connectivity index is 2.78. The van der Waals surface area contributed by atoms with Crippen LogP contribution in [-0.2, 0) is 14.3 Å². The van der Waals surface area contributed by atoms with Crippen molar-refractivity contribution in [3.8, 4) is 0 Å². The van der Waals surface area contributed by atoms with Gasteiger partial charge in [-0.2, -0.15) is 0 Å². The smallest absolute Gasteiger partial charge is 0.329 e. The molecule has 1 aliphatic rings. The molecule has 1 fully saturated rings. The lowest BCUT2D eigenvalue weighted by molar-refractivity contribution is -0.153. The van der Waals surface area contributed by atoms with Crippen LogP contribution in [0.1, 0.15) is 39.5 Å². The topological polar surface area (TPSA) is 102 Å². The highest BCUT2D eigenvalue weighted by Gasteiger charge is 2.44. The van der Waals surface area contributed by atoms with E-state index in [4.69, 9.17) is 10.5 Å². The lowest BCUT2D eigenvalue weighted by Crippen LogP contribution is -2.63. The Morgan fingerprint density at radius 2 is 2.00 bits per heavy atom. The number of carboxylic acid groups (broad SMARTS) is 1. The van der Waals surface area contributed by atoms with Crippen LogP contribution in [0.15, 0.2) is 0 Å². The fraction of sp³-hybridized carbons (Fsp3) is 0.833. The van der Waals surface area contributed by atoms with Crippen molar-refractivity contribution in [1.82, 2.24) is 5.32 Å². The number of nitrogens with one attached hydrogen (secondary N) is 1. The molecule has 1 amide bonds. The number of ether oxygens (including phenoxy) is 1. The van der Waals surface area contributed by atoms with Crippen molar-refractivity contribution in [2.45, 2.75) is 50.6 Å². The van der Waals surface area contributed by atoms with Crippen LogP contribution in [0.4, 0.5) is 0 Å². The zero-order valence-electron chi connectivity index (χ0n) is 11.0. The van der Waals surface area contributed by atoms with Crippen molar-refractivity contribution in [2.24, 2.45) is 5.73 Å². The summed E-state index contributed by atoms with van der Waals surface area (Å²) in [6, 6.07) is 0. The second-order valence-electron chi connectivity index (χ2n) is 5.12. The maximum absolute atomic E-state index is 12.1. The van der Waals surface area contributed by atoms with Gasteiger partial charge >= 0.3 is 5.97 Å². The lowest BCUT2D eigenvalue weighted by Gasteiger charge is -2.36. The van der Waals surface area contributed by atoms with Gasteiger partial charge in [0.25, 0.3) is 0 Å². The zero-order chi connectivity index (χ0) is 13.8. The third-order valence-electron chi connectivity index (χ3n) is 3.40. The van der Waals surface area contributed by atoms with E-state index in [2.05, 4.69) is 5.32 Å². The molecule has 0 aromatic heterocycles. The molecule has 0 aromatic rings. The number of amides is 1. The Bertz CT molecular complexity index is 322. The van der Waals surface area contributed by atoms with Crippen LogP contribution >= 0.6 is 0 Å². The van der Waals surface area contributed by atoms with Gasteiger partial charge in [-0.25, -0.2) is 4.79 Å². The second kappa shape index (κ2) is 5.67. The number of carbonyl (C=O) groups is 2. The van der Waals surface area contributed by atoms with Gasteiger partial charge in [0.15, 0.2) is 0 Å². The monoisotopic (exact) mass is 258 g/mol. The molecule has 18 heavy (non-hydrogen) atoms. The molecule has 4 N–H and O–H groups in total. The van der Waals surface area contributed by atoms with Gasteiger partial charge in [-0.1, -0.05) is 13.3 Å². The summed E-state index contributed by atoms with van der Waals surface area (Å²) in [6.45, 7) is 4.23. The van der Waals surface area contributed by atoms with Crippen molar-refractivity contribution in [1.29, 1.82) is 0 Å². The van der Waals surface area contributed by atoms with E-state index in [1.165, 1.54) is 0 Å². The molecule has 6 heteroatoms. The molecule has 1 saturated heterocycles. The van der Waals surface area contributed by atoms with Crippen LogP contribution in [0.3, 0.4) is 0 Å². The summed E-state index contributed by atoms with van der Waals surface area (Å²) in [5.41, 5.74) is 3.65. The third-order valence-corrected chi connectivity index (χ3v) is 3.40. The van der Waals surface area contributed by atoms with Crippen molar-refractivity contribution in [2.75, 3.05) is 13.2 Å². The van der Waals surface area contributed by atoms with Crippen molar-refractivity contribution >= 4 is 11.9 Å². The predicted molar refractivity (Wildman–Crippen MR) is 66.1 cm³/mol. The first kappa shape index (κ1) is 14.9. The molecule has 0 radical (unpaired) electrons. The quantitative estimate of drug-likeness (QED) is 0.656. The van der Waals surface area contributed by atoms with Gasteiger partial charge in [0.05, 0.1) is 5.54 Å². The zero-order valence-corrected chi connectivity index (χ0v) is 11.0. The molecule has 6 nitrogen and oxygen atoms in total. The summed E-state index contributed by atoms with van der Waals surface area (Å²) in [6.07, 6.45) is 1.83. The highest BCUT2D eigenvalue weighted by atomic mass is 16.5. The maximum Gasteiger partial charge on any atom is 0.329 e. The molecule has 0 bridgehead atoms. The SMILES string of the molecule is CCCC(C)(N)C(=O)NC1(C(=O)O)CCOCC1. The molecule has 1 unspecified atom stereocenters. The van der Waals surface area contributed by atoms with Crippen LogP contribution in [0.2, 0.25) is 0 Å². The molecule has 0 aromatic carbocycles. The number of hydrogen-bond acceptors (Lipinski definition) is 4. The molecule has 1 heterocycles. The second-order valence-corrected chi connectivity index (χ2v) is 5.12. The molecule has 1 aliphatic heterocycles. The highest BCUT2D eigenvalue weighted by molar-refractivity contribution is 5.91. The Morgan fingerprint density at radius 1 is 1.44 bits per heavy atom. The van der Waals surface area contributed by atoms with Gasteiger partial charge in [-0.15, -0.1) is 0 Å². The minimum Gasteiger partial charge on any atom is -0.480 e. The van der Waals surface area contributed by atoms with E-state index in [0.29, 0.717) is 19.6 Å². The van der Waals surface area contributed by atoms with Crippen LogP contribution < -0.4 is 11.1 Å². The summed E-state index contributed by atoms with van der Waals surface area (Å²) in [5.74, 6) is -1.43. The number of hydrogen-bond donors (Lipinski definition) is 3. The minimum atomic E-state index is -1.23. The van der Waals surface area contributed by atoms with Crippen LogP contribution in [0.25, 0.3) is 0 Å².